The van der Waals surface area contributed by atoms with Crippen molar-refractivity contribution in [2.45, 2.75) is 101 Å². The first kappa shape index (κ1) is 23.8. The van der Waals surface area contributed by atoms with Crippen molar-refractivity contribution in [2.75, 3.05) is 13.2 Å². The number of hydrogen-bond donors (Lipinski definition) is 1. The molecule has 5 nitrogen and oxygen atoms in total. The van der Waals surface area contributed by atoms with E-state index >= 15 is 0 Å². The van der Waals surface area contributed by atoms with Crippen molar-refractivity contribution in [3.63, 3.8) is 0 Å². The summed E-state index contributed by atoms with van der Waals surface area (Å²) in [6, 6.07) is 0. The normalized spacial score (nSPS) is 37.0. The zero-order chi connectivity index (χ0) is 21.2. The van der Waals surface area contributed by atoms with E-state index in [1.165, 1.54) is 0 Å². The molecule has 0 aromatic rings. The van der Waals surface area contributed by atoms with Crippen LogP contribution in [0.25, 0.3) is 0 Å². The zero-order valence-corrected chi connectivity index (χ0v) is 19.6. The molecule has 2 rings (SSSR count). The first-order valence-corrected chi connectivity index (χ1v) is 13.3. The minimum absolute atomic E-state index is 0.0606. The molecule has 0 unspecified atom stereocenters. The van der Waals surface area contributed by atoms with E-state index in [-0.39, 0.29) is 42.2 Å². The van der Waals surface area contributed by atoms with Crippen LogP contribution >= 0.6 is 0 Å². The van der Waals surface area contributed by atoms with Gasteiger partial charge in [-0.15, -0.1) is 13.2 Å². The fraction of sp³-hybridized carbons (Fsp3) is 0.818. The van der Waals surface area contributed by atoms with Gasteiger partial charge >= 0.3 is 0 Å². The molecular formula is C22H40O5Si. The summed E-state index contributed by atoms with van der Waals surface area (Å²) in [5.74, 6) is 0. The molecule has 0 aliphatic carbocycles. The minimum atomic E-state index is -1.98. The van der Waals surface area contributed by atoms with Crippen molar-refractivity contribution in [3.8, 4) is 0 Å². The molecule has 2 aliphatic heterocycles. The van der Waals surface area contributed by atoms with Gasteiger partial charge in [0.05, 0.1) is 37.1 Å². The molecule has 1 N–H and O–H groups in total. The fourth-order valence-electron chi connectivity index (χ4n) is 3.79. The van der Waals surface area contributed by atoms with E-state index in [9.17, 15) is 5.11 Å². The van der Waals surface area contributed by atoms with E-state index < -0.39 is 13.9 Å². The Morgan fingerprint density at radius 2 is 1.93 bits per heavy atom. The van der Waals surface area contributed by atoms with Gasteiger partial charge in [0.25, 0.3) is 0 Å². The van der Waals surface area contributed by atoms with Crippen molar-refractivity contribution in [1.82, 2.24) is 0 Å². The Bertz CT molecular complexity index is 544. The lowest BCUT2D eigenvalue weighted by atomic mass is 9.85. The number of rotatable bonds is 7. The predicted octanol–water partition coefficient (Wildman–Crippen LogP) is 4.22. The van der Waals surface area contributed by atoms with Crippen molar-refractivity contribution in [3.05, 3.63) is 25.3 Å². The van der Waals surface area contributed by atoms with Crippen molar-refractivity contribution in [2.24, 2.45) is 0 Å². The summed E-state index contributed by atoms with van der Waals surface area (Å²) in [6.45, 7) is 21.3. The van der Waals surface area contributed by atoms with E-state index in [0.29, 0.717) is 13.0 Å². The van der Waals surface area contributed by atoms with E-state index in [0.717, 1.165) is 12.8 Å². The molecule has 2 fully saturated rings. The highest BCUT2D eigenvalue weighted by atomic mass is 28.4. The summed E-state index contributed by atoms with van der Waals surface area (Å²) in [6.07, 6.45) is 4.89. The van der Waals surface area contributed by atoms with Gasteiger partial charge in [0.15, 0.2) is 8.32 Å². The predicted molar refractivity (Wildman–Crippen MR) is 115 cm³/mol. The number of aliphatic hydroxyl groups is 1. The third-order valence-corrected chi connectivity index (χ3v) is 11.2. The molecule has 0 aromatic heterocycles. The Kier molecular flexibility index (Phi) is 7.73. The SMILES string of the molecule is C=CCO[C@@H]1C[C@@H]2O[C@H](CO)[C@@H](O[Si](C)(C)C(C)(C)C)CC[C@@]2(C)O[C@H]1C=C. The van der Waals surface area contributed by atoms with Gasteiger partial charge in [-0.25, -0.2) is 0 Å². The van der Waals surface area contributed by atoms with Crippen LogP contribution in [0.4, 0.5) is 0 Å². The maximum absolute atomic E-state index is 10.1. The van der Waals surface area contributed by atoms with Gasteiger partial charge in [0.2, 0.25) is 0 Å². The van der Waals surface area contributed by atoms with E-state index in [1.807, 2.05) is 6.08 Å². The van der Waals surface area contributed by atoms with Crippen molar-refractivity contribution >= 4 is 8.32 Å². The van der Waals surface area contributed by atoms with Crippen molar-refractivity contribution in [1.29, 1.82) is 0 Å². The highest BCUT2D eigenvalue weighted by molar-refractivity contribution is 6.74. The molecule has 0 saturated carbocycles. The van der Waals surface area contributed by atoms with Crippen LogP contribution in [0.1, 0.15) is 47.0 Å². The fourth-order valence-corrected chi connectivity index (χ4v) is 5.17. The van der Waals surface area contributed by atoms with E-state index in [1.54, 1.807) is 6.08 Å². The van der Waals surface area contributed by atoms with Crippen LogP contribution < -0.4 is 0 Å². The Hall–Kier alpha value is -0.503. The van der Waals surface area contributed by atoms with Crippen LogP contribution in [0.2, 0.25) is 18.1 Å². The summed E-state index contributed by atoms with van der Waals surface area (Å²) in [7, 11) is -1.98. The van der Waals surface area contributed by atoms with Gasteiger partial charge in [-0.05, 0) is 37.9 Å². The highest BCUT2D eigenvalue weighted by Gasteiger charge is 2.51. The molecule has 2 saturated heterocycles. The van der Waals surface area contributed by atoms with Crippen LogP contribution in [0.3, 0.4) is 0 Å². The third-order valence-electron chi connectivity index (χ3n) is 6.67. The van der Waals surface area contributed by atoms with Gasteiger partial charge in [-0.3, -0.25) is 0 Å². The second-order valence-corrected chi connectivity index (χ2v) is 14.6. The number of aliphatic hydroxyl groups excluding tert-OH is 1. The smallest absolute Gasteiger partial charge is 0.192 e. The van der Waals surface area contributed by atoms with Crippen LogP contribution in [0.5, 0.6) is 0 Å². The van der Waals surface area contributed by atoms with Crippen molar-refractivity contribution < 1.29 is 23.7 Å². The monoisotopic (exact) mass is 412 g/mol. The summed E-state index contributed by atoms with van der Waals surface area (Å²) in [5.41, 5.74) is -0.453. The topological polar surface area (TPSA) is 57.2 Å². The molecule has 0 radical (unpaired) electrons. The molecule has 6 atom stereocenters. The molecular weight excluding hydrogens is 372 g/mol. The molecule has 28 heavy (non-hydrogen) atoms. The highest BCUT2D eigenvalue weighted by Crippen LogP contribution is 2.43. The lowest BCUT2D eigenvalue weighted by Crippen LogP contribution is -2.56. The average molecular weight is 413 g/mol. The molecule has 162 valence electrons. The molecule has 2 heterocycles. The summed E-state index contributed by atoms with van der Waals surface area (Å²) < 4.78 is 25.4. The van der Waals surface area contributed by atoms with E-state index in [2.05, 4.69) is 53.9 Å². The van der Waals surface area contributed by atoms with Crippen LogP contribution in [0, 0.1) is 0 Å². The Morgan fingerprint density at radius 3 is 2.46 bits per heavy atom. The Morgan fingerprint density at radius 1 is 1.25 bits per heavy atom. The van der Waals surface area contributed by atoms with Gasteiger partial charge in [0, 0.05) is 6.42 Å². The first-order chi connectivity index (χ1) is 13.0. The standard InChI is InChI=1S/C22H40O5Si/c1-9-13-24-18-14-20-22(6,26-16(18)10-2)12-11-17(19(15-23)25-20)27-28(7,8)21(3,4)5/h9-10,16-20,23H,1-2,11-15H2,3-8H3/t16-,17-,18+,19+,20-,22+/m0/s1. The minimum Gasteiger partial charge on any atom is -0.411 e. The lowest BCUT2D eigenvalue weighted by Gasteiger charge is -2.46. The largest absolute Gasteiger partial charge is 0.411 e. The average Bonchev–Trinajstić information content (AvgIpc) is 2.74. The van der Waals surface area contributed by atoms with E-state index in [4.69, 9.17) is 18.6 Å². The van der Waals surface area contributed by atoms with Crippen LogP contribution in [-0.2, 0) is 18.6 Å². The van der Waals surface area contributed by atoms with Crippen LogP contribution in [0.15, 0.2) is 25.3 Å². The number of ether oxygens (including phenoxy) is 3. The summed E-state index contributed by atoms with van der Waals surface area (Å²) >= 11 is 0. The quantitative estimate of drug-likeness (QED) is 0.501. The summed E-state index contributed by atoms with van der Waals surface area (Å²) in [4.78, 5) is 0. The Balaban J connectivity index is 2.21. The molecule has 0 spiro atoms. The molecule has 0 aromatic carbocycles. The lowest BCUT2D eigenvalue weighted by molar-refractivity contribution is -0.235. The molecule has 2 aliphatic rings. The third kappa shape index (κ3) is 5.15. The van der Waals surface area contributed by atoms with Crippen LogP contribution in [-0.4, -0.2) is 62.8 Å². The van der Waals surface area contributed by atoms with Gasteiger partial charge in [0.1, 0.15) is 12.2 Å². The summed E-state index contributed by atoms with van der Waals surface area (Å²) in [5, 5.41) is 10.2. The number of fused-ring (bicyclic) bond motifs is 1. The molecule has 0 amide bonds. The maximum Gasteiger partial charge on any atom is 0.192 e. The second kappa shape index (κ2) is 9.10. The second-order valence-electron chi connectivity index (χ2n) is 9.83. The maximum atomic E-state index is 10.1. The van der Waals surface area contributed by atoms with Gasteiger partial charge in [-0.1, -0.05) is 32.9 Å². The molecule has 0 bridgehead atoms. The zero-order valence-electron chi connectivity index (χ0n) is 18.6. The Labute approximate surface area is 172 Å². The first-order valence-electron chi connectivity index (χ1n) is 10.4. The molecule has 6 heteroatoms. The van der Waals surface area contributed by atoms with Gasteiger partial charge in [-0.2, -0.15) is 0 Å². The number of hydrogen-bond acceptors (Lipinski definition) is 5. The van der Waals surface area contributed by atoms with Gasteiger partial charge < -0.3 is 23.7 Å².